The van der Waals surface area contributed by atoms with Crippen LogP contribution in [0.25, 0.3) is 0 Å². The van der Waals surface area contributed by atoms with Gasteiger partial charge in [0.15, 0.2) is 0 Å². The number of anilines is 1. The Morgan fingerprint density at radius 1 is 1.30 bits per heavy atom. The first-order chi connectivity index (χ1) is 11.1. The maximum atomic E-state index is 11.9. The van der Waals surface area contributed by atoms with E-state index in [1.165, 1.54) is 11.3 Å². The fraction of sp³-hybridized carbons (Fsp3) is 0.143. The van der Waals surface area contributed by atoms with E-state index in [4.69, 9.17) is 23.2 Å². The molecule has 3 rings (SSSR count). The zero-order valence-corrected chi connectivity index (χ0v) is 14.1. The van der Waals surface area contributed by atoms with Crippen LogP contribution in [-0.2, 0) is 17.8 Å². The fourth-order valence-corrected chi connectivity index (χ4v) is 3.16. The van der Waals surface area contributed by atoms with Crippen LogP contribution in [-0.4, -0.2) is 25.7 Å². The van der Waals surface area contributed by atoms with E-state index >= 15 is 0 Å². The van der Waals surface area contributed by atoms with Crippen molar-refractivity contribution in [2.24, 2.45) is 0 Å². The summed E-state index contributed by atoms with van der Waals surface area (Å²) >= 11 is 13.3. The Morgan fingerprint density at radius 2 is 2.17 bits per heavy atom. The number of carbonyl (C=O) groups is 1. The molecule has 0 aliphatic carbocycles. The Morgan fingerprint density at radius 3 is 2.91 bits per heavy atom. The minimum absolute atomic E-state index is 0.178. The number of halogens is 2. The zero-order chi connectivity index (χ0) is 16.2. The molecule has 0 saturated carbocycles. The molecule has 2 heterocycles. The molecule has 2 aromatic heterocycles. The maximum Gasteiger partial charge on any atom is 0.246 e. The summed E-state index contributed by atoms with van der Waals surface area (Å²) in [6.45, 7) is 0.178. The normalized spacial score (nSPS) is 10.7. The molecule has 23 heavy (non-hydrogen) atoms. The molecule has 3 aromatic rings. The van der Waals surface area contributed by atoms with Crippen LogP contribution >= 0.6 is 34.5 Å². The van der Waals surface area contributed by atoms with E-state index in [9.17, 15) is 4.79 Å². The lowest BCUT2D eigenvalue weighted by Crippen LogP contribution is -2.17. The molecule has 1 amide bonds. The van der Waals surface area contributed by atoms with Crippen LogP contribution in [0.5, 0.6) is 0 Å². The van der Waals surface area contributed by atoms with E-state index in [0.717, 1.165) is 10.6 Å². The lowest BCUT2D eigenvalue weighted by atomic mass is 10.2. The van der Waals surface area contributed by atoms with Crippen molar-refractivity contribution in [3.63, 3.8) is 0 Å². The molecule has 0 bridgehead atoms. The van der Waals surface area contributed by atoms with Gasteiger partial charge in [0.05, 0.1) is 6.33 Å². The Hall–Kier alpha value is -1.96. The van der Waals surface area contributed by atoms with Crippen molar-refractivity contribution in [3.8, 4) is 0 Å². The third kappa shape index (κ3) is 4.28. The summed E-state index contributed by atoms with van der Waals surface area (Å²) in [4.78, 5) is 15.8. The van der Waals surface area contributed by atoms with Gasteiger partial charge in [-0.25, -0.2) is 4.98 Å². The van der Waals surface area contributed by atoms with E-state index in [0.29, 0.717) is 21.6 Å². The van der Waals surface area contributed by atoms with Crippen LogP contribution in [0.2, 0.25) is 10.0 Å². The highest BCUT2D eigenvalue weighted by molar-refractivity contribution is 7.15. The van der Waals surface area contributed by atoms with Gasteiger partial charge >= 0.3 is 0 Å². The number of imidazole rings is 1. The fourth-order valence-electron chi connectivity index (χ4n) is 1.91. The minimum Gasteiger partial charge on any atom is -0.328 e. The molecular formula is C14H11Cl2N5OS. The minimum atomic E-state index is -0.185. The van der Waals surface area contributed by atoms with Gasteiger partial charge in [-0.1, -0.05) is 40.6 Å². The highest BCUT2D eigenvalue weighted by atomic mass is 35.5. The average molecular weight is 368 g/mol. The summed E-state index contributed by atoms with van der Waals surface area (Å²) < 4.78 is 1.67. The monoisotopic (exact) mass is 367 g/mol. The molecule has 118 valence electrons. The Balaban J connectivity index is 1.62. The summed E-state index contributed by atoms with van der Waals surface area (Å²) in [5.74, 6) is -0.185. The van der Waals surface area contributed by atoms with Crippen LogP contribution in [0.15, 0.2) is 36.9 Å². The number of benzene rings is 1. The number of aromatic nitrogens is 4. The first-order valence-electron chi connectivity index (χ1n) is 6.62. The molecule has 6 nitrogen and oxygen atoms in total. The average Bonchev–Trinajstić information content (AvgIpc) is 3.14. The van der Waals surface area contributed by atoms with E-state index in [-0.39, 0.29) is 12.5 Å². The Kier molecular flexibility index (Phi) is 4.90. The van der Waals surface area contributed by atoms with Gasteiger partial charge in [0, 0.05) is 28.9 Å². The van der Waals surface area contributed by atoms with Crippen molar-refractivity contribution in [1.29, 1.82) is 0 Å². The highest BCUT2D eigenvalue weighted by Gasteiger charge is 2.11. The van der Waals surface area contributed by atoms with Gasteiger partial charge in [-0.15, -0.1) is 10.2 Å². The predicted molar refractivity (Wildman–Crippen MR) is 90.0 cm³/mol. The summed E-state index contributed by atoms with van der Waals surface area (Å²) in [7, 11) is 0. The van der Waals surface area contributed by atoms with E-state index in [1.54, 1.807) is 35.4 Å². The summed E-state index contributed by atoms with van der Waals surface area (Å²) in [6.07, 6.45) is 5.44. The number of amides is 1. The predicted octanol–water partition coefficient (Wildman–Crippen LogP) is 3.27. The van der Waals surface area contributed by atoms with Gasteiger partial charge in [-0.3, -0.25) is 10.1 Å². The number of nitrogens with zero attached hydrogens (tertiary/aromatic N) is 4. The van der Waals surface area contributed by atoms with Gasteiger partial charge in [0.25, 0.3) is 0 Å². The maximum absolute atomic E-state index is 11.9. The van der Waals surface area contributed by atoms with Gasteiger partial charge in [0.2, 0.25) is 11.0 Å². The Labute approximate surface area is 146 Å². The molecule has 0 spiro atoms. The van der Waals surface area contributed by atoms with Crippen LogP contribution in [0.3, 0.4) is 0 Å². The molecule has 0 aliphatic heterocycles. The third-order valence-electron chi connectivity index (χ3n) is 2.96. The topological polar surface area (TPSA) is 72.7 Å². The molecular weight excluding hydrogens is 357 g/mol. The lowest BCUT2D eigenvalue weighted by Gasteiger charge is -2.02. The summed E-state index contributed by atoms with van der Waals surface area (Å²) in [5, 5.41) is 13.1. The van der Waals surface area contributed by atoms with Crippen molar-refractivity contribution >= 4 is 45.6 Å². The molecule has 1 aromatic carbocycles. The van der Waals surface area contributed by atoms with Crippen molar-refractivity contribution in [1.82, 2.24) is 19.7 Å². The number of hydrogen-bond acceptors (Lipinski definition) is 5. The molecule has 0 aliphatic rings. The first-order valence-corrected chi connectivity index (χ1v) is 8.19. The van der Waals surface area contributed by atoms with Gasteiger partial charge < -0.3 is 4.57 Å². The lowest BCUT2D eigenvalue weighted by molar-refractivity contribution is -0.116. The molecule has 1 N–H and O–H groups in total. The SMILES string of the molecule is O=C(Cn1ccnc1)Nc1nnc(Cc2ccc(Cl)cc2Cl)s1. The zero-order valence-electron chi connectivity index (χ0n) is 11.7. The highest BCUT2D eigenvalue weighted by Crippen LogP contribution is 2.25. The number of rotatable bonds is 5. The molecule has 0 radical (unpaired) electrons. The first kappa shape index (κ1) is 15.9. The summed E-state index contributed by atoms with van der Waals surface area (Å²) in [6, 6.07) is 5.31. The van der Waals surface area contributed by atoms with Crippen LogP contribution in [0.1, 0.15) is 10.6 Å². The van der Waals surface area contributed by atoms with Gasteiger partial charge in [0.1, 0.15) is 11.6 Å². The van der Waals surface area contributed by atoms with Crippen LogP contribution in [0, 0.1) is 0 Å². The third-order valence-corrected chi connectivity index (χ3v) is 4.38. The van der Waals surface area contributed by atoms with Crippen molar-refractivity contribution in [3.05, 3.63) is 57.5 Å². The smallest absolute Gasteiger partial charge is 0.246 e. The number of carbonyl (C=O) groups excluding carboxylic acids is 1. The molecule has 0 atom stereocenters. The second-order valence-corrected chi connectivity index (χ2v) is 6.60. The van der Waals surface area contributed by atoms with Crippen molar-refractivity contribution < 1.29 is 4.79 Å². The standard InChI is InChI=1S/C14H11Cl2N5OS/c15-10-2-1-9(11(16)6-10)5-13-19-20-14(23-13)18-12(22)7-21-4-3-17-8-21/h1-4,6,8H,5,7H2,(H,18,20,22). The Bertz CT molecular complexity index is 818. The molecule has 0 unspecified atom stereocenters. The van der Waals surface area contributed by atoms with Gasteiger partial charge in [-0.2, -0.15) is 0 Å². The second-order valence-electron chi connectivity index (χ2n) is 4.70. The number of hydrogen-bond donors (Lipinski definition) is 1. The van der Waals surface area contributed by atoms with E-state index in [2.05, 4.69) is 20.5 Å². The largest absolute Gasteiger partial charge is 0.328 e. The van der Waals surface area contributed by atoms with Crippen molar-refractivity contribution in [2.45, 2.75) is 13.0 Å². The van der Waals surface area contributed by atoms with Crippen molar-refractivity contribution in [2.75, 3.05) is 5.32 Å². The van der Waals surface area contributed by atoms with Gasteiger partial charge in [-0.05, 0) is 17.7 Å². The van der Waals surface area contributed by atoms with E-state index in [1.807, 2.05) is 6.07 Å². The van der Waals surface area contributed by atoms with Crippen LogP contribution < -0.4 is 5.32 Å². The van der Waals surface area contributed by atoms with E-state index < -0.39 is 0 Å². The summed E-state index contributed by atoms with van der Waals surface area (Å²) in [5.41, 5.74) is 0.906. The molecule has 0 saturated heterocycles. The second kappa shape index (κ2) is 7.08. The quantitative estimate of drug-likeness (QED) is 0.750. The number of nitrogens with one attached hydrogen (secondary N) is 1. The van der Waals surface area contributed by atoms with Crippen LogP contribution in [0.4, 0.5) is 5.13 Å². The molecule has 9 heteroatoms. The molecule has 0 fully saturated rings.